The maximum Gasteiger partial charge on any atom is 0.495 e. The Kier molecular flexibility index (Phi) is 10.4. The lowest BCUT2D eigenvalue weighted by molar-refractivity contribution is -0.385. The fourth-order valence-electron chi connectivity index (χ4n) is 3.49. The number of benzene rings is 2. The molecule has 0 radical (unpaired) electrons. The number of esters is 2. The van der Waals surface area contributed by atoms with E-state index in [4.69, 9.17) is 18.8 Å². The molecule has 0 atom stereocenters. The van der Waals surface area contributed by atoms with Crippen molar-refractivity contribution >= 4 is 51.8 Å². The van der Waals surface area contributed by atoms with Crippen molar-refractivity contribution in [3.05, 3.63) is 72.2 Å². The third-order valence-corrected chi connectivity index (χ3v) is 6.63. The average Bonchev–Trinajstić information content (AvgIpc) is 3.03. The number of hydrogen-bond donors (Lipinski definition) is 0. The van der Waals surface area contributed by atoms with Crippen molar-refractivity contribution in [2.24, 2.45) is 0 Å². The van der Waals surface area contributed by atoms with Crippen LogP contribution in [0.3, 0.4) is 0 Å². The van der Waals surface area contributed by atoms with Crippen molar-refractivity contribution < 1.29 is 38.2 Å². The molecular weight excluding hydrogens is 615 g/mol. The summed E-state index contributed by atoms with van der Waals surface area (Å²) in [5.74, 6) is -1.43. The van der Waals surface area contributed by atoms with Crippen LogP contribution in [0.5, 0.6) is 0 Å². The molecule has 0 aromatic heterocycles. The molecule has 1 aliphatic heterocycles. The molecule has 3 rings (SSSR count). The van der Waals surface area contributed by atoms with Crippen LogP contribution in [0.15, 0.2) is 40.9 Å². The van der Waals surface area contributed by atoms with Crippen LogP contribution < -0.4 is 5.46 Å². The number of nitro groups is 2. The molecule has 1 heterocycles. The Morgan fingerprint density at radius 2 is 1.14 bits per heavy atom. The summed E-state index contributed by atoms with van der Waals surface area (Å²) < 4.78 is 22.7. The summed E-state index contributed by atoms with van der Waals surface area (Å²) in [4.78, 5) is 45.0. The second kappa shape index (κ2) is 12.5. The van der Waals surface area contributed by atoms with Gasteiger partial charge in [-0.1, -0.05) is 22.0 Å². The second-order valence-electron chi connectivity index (χ2n) is 12.5. The van der Waals surface area contributed by atoms with Gasteiger partial charge in [0.25, 0.3) is 11.4 Å². The number of ether oxygens (including phenoxy) is 2. The Hall–Kier alpha value is -3.36. The first-order chi connectivity index (χ1) is 18.9. The highest BCUT2D eigenvalue weighted by atomic mass is 79.9. The molecule has 1 aliphatic rings. The van der Waals surface area contributed by atoms with Gasteiger partial charge in [0.15, 0.2) is 0 Å². The van der Waals surface area contributed by atoms with Crippen LogP contribution in [-0.4, -0.2) is 51.3 Å². The minimum absolute atomic E-state index is 0.0480. The van der Waals surface area contributed by atoms with Gasteiger partial charge < -0.3 is 18.8 Å². The van der Waals surface area contributed by atoms with E-state index in [-0.39, 0.29) is 22.5 Å². The molecule has 1 fully saturated rings. The average molecular weight is 651 g/mol. The van der Waals surface area contributed by atoms with Gasteiger partial charge in [0.05, 0.1) is 21.0 Å². The lowest BCUT2D eigenvalue weighted by Gasteiger charge is -2.32. The van der Waals surface area contributed by atoms with Crippen molar-refractivity contribution in [3.8, 4) is 0 Å². The molecule has 42 heavy (non-hydrogen) atoms. The van der Waals surface area contributed by atoms with E-state index >= 15 is 0 Å². The standard InChI is InChI=1S/C17H24BNO6.C11H12BrNO4/c1-15(2,3)23-14(20)12-9-8-11(10-13(12)19(21)22)18-24-16(4,5)17(6,7)25-18;1-11(2,3)17-10(14)8-5-4-7(12)6-9(8)13(15)16/h8-10H,1-7H3;4-6H,1-3H3. The van der Waals surface area contributed by atoms with Crippen LogP contribution in [0.2, 0.25) is 0 Å². The van der Waals surface area contributed by atoms with Gasteiger partial charge in [0.2, 0.25) is 0 Å². The van der Waals surface area contributed by atoms with Crippen LogP contribution in [-0.2, 0) is 18.8 Å². The summed E-state index contributed by atoms with van der Waals surface area (Å²) >= 11 is 3.12. The van der Waals surface area contributed by atoms with Crippen molar-refractivity contribution in [3.63, 3.8) is 0 Å². The number of carbonyl (C=O) groups is 2. The Morgan fingerprint density at radius 3 is 1.52 bits per heavy atom. The Labute approximate surface area is 253 Å². The van der Waals surface area contributed by atoms with E-state index in [0.29, 0.717) is 9.94 Å². The quantitative estimate of drug-likeness (QED) is 0.159. The highest BCUT2D eigenvalue weighted by Gasteiger charge is 2.52. The molecule has 0 N–H and O–H groups in total. The molecule has 14 heteroatoms. The fourth-order valence-corrected chi connectivity index (χ4v) is 3.84. The smallest absolute Gasteiger partial charge is 0.456 e. The number of carbonyl (C=O) groups excluding carboxylic acids is 2. The van der Waals surface area contributed by atoms with Crippen LogP contribution in [0, 0.1) is 20.2 Å². The predicted octanol–water partition coefficient (Wildman–Crippen LogP) is 6.16. The molecular formula is C28H36BBrN2O10. The maximum atomic E-state index is 12.2. The third kappa shape index (κ3) is 9.07. The molecule has 2 aromatic rings. The highest BCUT2D eigenvalue weighted by Crippen LogP contribution is 2.37. The Bertz CT molecular complexity index is 1360. The third-order valence-electron chi connectivity index (χ3n) is 6.14. The SMILES string of the molecule is CC(C)(C)OC(=O)c1ccc(B2OC(C)(C)C(C)(C)O2)cc1[N+](=O)[O-].CC(C)(C)OC(=O)c1ccc(Br)cc1[N+](=O)[O-]. The number of nitro benzene ring substituents is 2. The van der Waals surface area contributed by atoms with Crippen LogP contribution in [0.25, 0.3) is 0 Å². The number of halogens is 1. The van der Waals surface area contributed by atoms with Crippen molar-refractivity contribution in [2.75, 3.05) is 0 Å². The van der Waals surface area contributed by atoms with Gasteiger partial charge in [-0.3, -0.25) is 20.2 Å². The predicted molar refractivity (Wildman–Crippen MR) is 160 cm³/mol. The normalized spacial score (nSPS) is 15.7. The molecule has 1 saturated heterocycles. The molecule has 0 spiro atoms. The van der Waals surface area contributed by atoms with Crippen LogP contribution in [0.4, 0.5) is 11.4 Å². The van der Waals surface area contributed by atoms with Gasteiger partial charge in [-0.2, -0.15) is 0 Å². The van der Waals surface area contributed by atoms with E-state index in [9.17, 15) is 29.8 Å². The summed E-state index contributed by atoms with van der Waals surface area (Å²) in [5, 5.41) is 22.3. The summed E-state index contributed by atoms with van der Waals surface area (Å²) in [7, 11) is -0.739. The number of nitrogens with zero attached hydrogens (tertiary/aromatic N) is 2. The van der Waals surface area contributed by atoms with Crippen LogP contribution >= 0.6 is 15.9 Å². The van der Waals surface area contributed by atoms with Gasteiger partial charge >= 0.3 is 19.1 Å². The molecule has 0 saturated carbocycles. The highest BCUT2D eigenvalue weighted by molar-refractivity contribution is 9.10. The first-order valence-corrected chi connectivity index (χ1v) is 13.8. The molecule has 2 aromatic carbocycles. The Balaban J connectivity index is 0.000000317. The molecule has 228 valence electrons. The van der Waals surface area contributed by atoms with E-state index in [1.807, 2.05) is 27.7 Å². The number of hydrogen-bond acceptors (Lipinski definition) is 10. The maximum absolute atomic E-state index is 12.2. The van der Waals surface area contributed by atoms with Crippen molar-refractivity contribution in [1.82, 2.24) is 0 Å². The first kappa shape index (κ1) is 34.8. The lowest BCUT2D eigenvalue weighted by Crippen LogP contribution is -2.41. The lowest BCUT2D eigenvalue weighted by atomic mass is 9.78. The second-order valence-corrected chi connectivity index (χ2v) is 13.5. The minimum Gasteiger partial charge on any atom is -0.456 e. The van der Waals surface area contributed by atoms with E-state index in [1.54, 1.807) is 53.7 Å². The number of rotatable bonds is 5. The summed E-state index contributed by atoms with van der Waals surface area (Å²) in [5.41, 5.74) is -2.80. The zero-order chi connectivity index (χ0) is 32.4. The van der Waals surface area contributed by atoms with Gasteiger partial charge in [0.1, 0.15) is 22.3 Å². The van der Waals surface area contributed by atoms with E-state index in [0.717, 1.165) is 0 Å². The molecule has 0 bridgehead atoms. The van der Waals surface area contributed by atoms with Crippen molar-refractivity contribution in [1.29, 1.82) is 0 Å². The van der Waals surface area contributed by atoms with Crippen LogP contribution in [0.1, 0.15) is 90.0 Å². The molecule has 0 aliphatic carbocycles. The van der Waals surface area contributed by atoms with Gasteiger partial charge in [-0.05, 0) is 92.9 Å². The summed E-state index contributed by atoms with van der Waals surface area (Å²) in [6.07, 6.45) is 0. The minimum atomic E-state index is -0.741. The largest absolute Gasteiger partial charge is 0.495 e. The van der Waals surface area contributed by atoms with Gasteiger partial charge in [0, 0.05) is 16.6 Å². The molecule has 0 amide bonds. The van der Waals surface area contributed by atoms with Gasteiger partial charge in [-0.15, -0.1) is 0 Å². The van der Waals surface area contributed by atoms with E-state index < -0.39 is 51.3 Å². The summed E-state index contributed by atoms with van der Waals surface area (Å²) in [6, 6.07) is 8.49. The first-order valence-electron chi connectivity index (χ1n) is 13.0. The summed E-state index contributed by atoms with van der Waals surface area (Å²) in [6.45, 7) is 17.8. The fraction of sp³-hybridized carbons (Fsp3) is 0.500. The topological polar surface area (TPSA) is 157 Å². The monoisotopic (exact) mass is 650 g/mol. The zero-order valence-electron chi connectivity index (χ0n) is 25.4. The zero-order valence-corrected chi connectivity index (χ0v) is 27.0. The van der Waals surface area contributed by atoms with Crippen molar-refractivity contribution in [2.45, 2.75) is 91.6 Å². The van der Waals surface area contributed by atoms with E-state index in [2.05, 4.69) is 15.9 Å². The molecule has 12 nitrogen and oxygen atoms in total. The molecule has 0 unspecified atom stereocenters. The van der Waals surface area contributed by atoms with E-state index in [1.165, 1.54) is 24.3 Å². The Morgan fingerprint density at radius 1 is 0.762 bits per heavy atom. The van der Waals surface area contributed by atoms with Gasteiger partial charge in [-0.25, -0.2) is 9.59 Å².